The van der Waals surface area contributed by atoms with E-state index in [1.807, 2.05) is 13.0 Å². The van der Waals surface area contributed by atoms with E-state index in [1.54, 1.807) is 0 Å². The van der Waals surface area contributed by atoms with Crippen LogP contribution in [0.15, 0.2) is 35.9 Å². The Bertz CT molecular complexity index is 647. The molecule has 1 unspecified atom stereocenters. The molecule has 0 radical (unpaired) electrons. The smallest absolute Gasteiger partial charge is 0.339 e. The zero-order valence-electron chi connectivity index (χ0n) is 12.5. The van der Waals surface area contributed by atoms with Gasteiger partial charge in [-0.1, -0.05) is 11.6 Å². The second-order valence-corrected chi connectivity index (χ2v) is 5.51. The summed E-state index contributed by atoms with van der Waals surface area (Å²) in [6.45, 7) is 3.32. The number of hydrogen-bond acceptors (Lipinski definition) is 5. The van der Waals surface area contributed by atoms with E-state index < -0.39 is 16.5 Å². The van der Waals surface area contributed by atoms with Crippen LogP contribution in [0.25, 0.3) is 0 Å². The van der Waals surface area contributed by atoms with E-state index in [4.69, 9.17) is 4.74 Å². The Morgan fingerprint density at radius 3 is 2.41 bits per heavy atom. The highest BCUT2D eigenvalue weighted by Crippen LogP contribution is 2.33. The summed E-state index contributed by atoms with van der Waals surface area (Å²) in [7, 11) is 0. The number of Topliss-reactive ketones (excluding diaryl/α,β-unsaturated/α-hetero) is 1. The molecule has 0 amide bonds. The first-order chi connectivity index (χ1) is 10.3. The van der Waals surface area contributed by atoms with E-state index in [9.17, 15) is 19.7 Å². The Balaban J connectivity index is 2.20. The molecular weight excluding hydrogens is 286 g/mol. The number of benzene rings is 1. The second kappa shape index (κ2) is 6.09. The predicted molar refractivity (Wildman–Crippen MR) is 79.5 cm³/mol. The molecule has 0 saturated carbocycles. The van der Waals surface area contributed by atoms with Crippen LogP contribution in [0.4, 0.5) is 5.69 Å². The van der Waals surface area contributed by atoms with Crippen molar-refractivity contribution in [3.63, 3.8) is 0 Å². The van der Waals surface area contributed by atoms with Crippen LogP contribution in [-0.2, 0) is 9.53 Å². The minimum atomic E-state index is -1.13. The zero-order valence-corrected chi connectivity index (χ0v) is 12.5. The van der Waals surface area contributed by atoms with Crippen LogP contribution >= 0.6 is 0 Å². The van der Waals surface area contributed by atoms with Crippen LogP contribution in [-0.4, -0.2) is 22.3 Å². The van der Waals surface area contributed by atoms with Crippen LogP contribution in [0.1, 0.15) is 43.5 Å². The summed E-state index contributed by atoms with van der Waals surface area (Å²) in [6, 6.07) is 5.14. The van der Waals surface area contributed by atoms with Crippen LogP contribution in [0.5, 0.6) is 0 Å². The van der Waals surface area contributed by atoms with Crippen molar-refractivity contribution in [3.8, 4) is 0 Å². The van der Waals surface area contributed by atoms with Crippen molar-refractivity contribution in [2.24, 2.45) is 0 Å². The number of ketones is 1. The van der Waals surface area contributed by atoms with Crippen molar-refractivity contribution in [1.29, 1.82) is 0 Å². The van der Waals surface area contributed by atoms with Gasteiger partial charge in [0.2, 0.25) is 0 Å². The molecule has 1 aromatic rings. The maximum atomic E-state index is 12.2. The monoisotopic (exact) mass is 303 g/mol. The molecule has 1 aliphatic rings. The lowest BCUT2D eigenvalue weighted by molar-refractivity contribution is -0.384. The SMILES string of the molecule is CC(=O)C1(OC(=O)c2ccc([N+](=O)[O-])cc2)CCC=C(C)C1. The third-order valence-electron chi connectivity index (χ3n) is 3.85. The molecule has 6 nitrogen and oxygen atoms in total. The molecule has 1 aromatic carbocycles. The molecule has 22 heavy (non-hydrogen) atoms. The fourth-order valence-electron chi connectivity index (χ4n) is 2.58. The number of nitrogens with zero attached hydrogens (tertiary/aromatic N) is 1. The summed E-state index contributed by atoms with van der Waals surface area (Å²) in [6.07, 6.45) is 3.55. The van der Waals surface area contributed by atoms with Gasteiger partial charge in [0.15, 0.2) is 11.4 Å². The quantitative estimate of drug-likeness (QED) is 0.369. The molecule has 0 heterocycles. The fraction of sp³-hybridized carbons (Fsp3) is 0.375. The minimum absolute atomic E-state index is 0.103. The Hall–Kier alpha value is -2.50. The summed E-state index contributed by atoms with van der Waals surface area (Å²) in [5, 5.41) is 10.6. The fourth-order valence-corrected chi connectivity index (χ4v) is 2.58. The average molecular weight is 303 g/mol. The molecule has 0 spiro atoms. The Morgan fingerprint density at radius 1 is 1.27 bits per heavy atom. The molecule has 2 rings (SSSR count). The van der Waals surface area contributed by atoms with Crippen molar-refractivity contribution < 1.29 is 19.2 Å². The van der Waals surface area contributed by atoms with E-state index in [2.05, 4.69) is 0 Å². The van der Waals surface area contributed by atoms with Crippen molar-refractivity contribution in [2.75, 3.05) is 0 Å². The van der Waals surface area contributed by atoms with Gasteiger partial charge in [-0.15, -0.1) is 0 Å². The summed E-state index contributed by atoms with van der Waals surface area (Å²) < 4.78 is 5.50. The van der Waals surface area contributed by atoms with Gasteiger partial charge in [-0.2, -0.15) is 0 Å². The minimum Gasteiger partial charge on any atom is -0.447 e. The summed E-state index contributed by atoms with van der Waals surface area (Å²) in [5.74, 6) is -0.824. The van der Waals surface area contributed by atoms with Gasteiger partial charge in [-0.3, -0.25) is 14.9 Å². The molecule has 0 N–H and O–H groups in total. The van der Waals surface area contributed by atoms with Gasteiger partial charge in [0.1, 0.15) is 0 Å². The first-order valence-corrected chi connectivity index (χ1v) is 6.98. The van der Waals surface area contributed by atoms with Gasteiger partial charge in [-0.05, 0) is 38.8 Å². The Labute approximate surface area is 127 Å². The van der Waals surface area contributed by atoms with Crippen molar-refractivity contribution in [1.82, 2.24) is 0 Å². The number of rotatable bonds is 4. The molecule has 1 atom stereocenters. The number of esters is 1. The Morgan fingerprint density at radius 2 is 1.91 bits per heavy atom. The molecule has 6 heteroatoms. The number of nitro benzene ring substituents is 1. The van der Waals surface area contributed by atoms with Gasteiger partial charge < -0.3 is 4.74 Å². The summed E-state index contributed by atoms with van der Waals surface area (Å²) in [5.41, 5.74) is -0.0248. The van der Waals surface area contributed by atoms with Crippen LogP contribution in [0.3, 0.4) is 0 Å². The van der Waals surface area contributed by atoms with E-state index in [0.717, 1.165) is 5.57 Å². The number of non-ortho nitro benzene ring substituents is 1. The lowest BCUT2D eigenvalue weighted by Gasteiger charge is -2.34. The molecule has 0 fully saturated rings. The van der Waals surface area contributed by atoms with Crippen molar-refractivity contribution in [3.05, 3.63) is 51.6 Å². The Kier molecular flexibility index (Phi) is 4.40. The van der Waals surface area contributed by atoms with Crippen LogP contribution < -0.4 is 0 Å². The van der Waals surface area contributed by atoms with E-state index in [1.165, 1.54) is 31.2 Å². The maximum Gasteiger partial charge on any atom is 0.339 e. The average Bonchev–Trinajstić information content (AvgIpc) is 2.47. The number of carbonyl (C=O) groups excluding carboxylic acids is 2. The van der Waals surface area contributed by atoms with Crippen LogP contribution in [0, 0.1) is 10.1 Å². The van der Waals surface area contributed by atoms with Gasteiger partial charge in [0.25, 0.3) is 5.69 Å². The zero-order chi connectivity index (χ0) is 16.3. The lowest BCUT2D eigenvalue weighted by Crippen LogP contribution is -2.43. The number of allylic oxidation sites excluding steroid dienone is 1. The predicted octanol–water partition coefficient (Wildman–Crippen LogP) is 3.21. The summed E-state index contributed by atoms with van der Waals surface area (Å²) in [4.78, 5) is 34.3. The lowest BCUT2D eigenvalue weighted by atomic mass is 9.82. The van der Waals surface area contributed by atoms with Gasteiger partial charge in [0, 0.05) is 18.6 Å². The van der Waals surface area contributed by atoms with E-state index in [0.29, 0.717) is 19.3 Å². The van der Waals surface area contributed by atoms with Crippen molar-refractivity contribution in [2.45, 2.75) is 38.7 Å². The van der Waals surface area contributed by atoms with Crippen LogP contribution in [0.2, 0.25) is 0 Å². The third-order valence-corrected chi connectivity index (χ3v) is 3.85. The standard InChI is InChI=1S/C16H17NO5/c1-11-4-3-9-16(10-11,12(2)18)22-15(19)13-5-7-14(8-6-13)17(20)21/h4-8H,3,9-10H2,1-2H3. The van der Waals surface area contributed by atoms with E-state index >= 15 is 0 Å². The first kappa shape index (κ1) is 15.9. The molecule has 0 aliphatic heterocycles. The third kappa shape index (κ3) is 3.21. The highest BCUT2D eigenvalue weighted by molar-refractivity contribution is 5.94. The highest BCUT2D eigenvalue weighted by Gasteiger charge is 2.41. The molecule has 0 bridgehead atoms. The first-order valence-electron chi connectivity index (χ1n) is 6.98. The molecule has 0 aromatic heterocycles. The molecule has 1 aliphatic carbocycles. The number of ether oxygens (including phenoxy) is 1. The summed E-state index contributed by atoms with van der Waals surface area (Å²) >= 11 is 0. The molecular formula is C16H17NO5. The van der Waals surface area contributed by atoms with Gasteiger partial charge in [0.05, 0.1) is 10.5 Å². The maximum absolute atomic E-state index is 12.2. The normalized spacial score (nSPS) is 20.9. The molecule has 0 saturated heterocycles. The van der Waals surface area contributed by atoms with Crippen molar-refractivity contribution >= 4 is 17.4 Å². The second-order valence-electron chi connectivity index (χ2n) is 5.51. The van der Waals surface area contributed by atoms with Gasteiger partial charge >= 0.3 is 5.97 Å². The molecule has 116 valence electrons. The number of hydrogen-bond donors (Lipinski definition) is 0. The van der Waals surface area contributed by atoms with E-state index in [-0.39, 0.29) is 17.0 Å². The number of nitro groups is 1. The number of carbonyl (C=O) groups is 2. The topological polar surface area (TPSA) is 86.5 Å². The van der Waals surface area contributed by atoms with Gasteiger partial charge in [-0.25, -0.2) is 4.79 Å². The highest BCUT2D eigenvalue weighted by atomic mass is 16.6. The largest absolute Gasteiger partial charge is 0.447 e.